The Morgan fingerprint density at radius 2 is 2.45 bits per heavy atom. The quantitative estimate of drug-likeness (QED) is 0.683. The number of aromatic nitrogens is 1. The number of halogens is 1. The summed E-state index contributed by atoms with van der Waals surface area (Å²) in [4.78, 5) is 0. The van der Waals surface area contributed by atoms with E-state index in [1.807, 2.05) is 11.4 Å². The fourth-order valence-electron chi connectivity index (χ4n) is 0.804. The average molecular weight is 186 g/mol. The molecule has 0 radical (unpaired) electrons. The molecule has 2 aromatic heterocycles. The van der Waals surface area contributed by atoms with Crippen LogP contribution in [-0.4, -0.2) is 5.16 Å². The van der Waals surface area contributed by atoms with E-state index >= 15 is 0 Å². The third kappa shape index (κ3) is 1.29. The fraction of sp³-hybridized carbons (Fsp3) is 0. The lowest BCUT2D eigenvalue weighted by Crippen LogP contribution is -1.62. The van der Waals surface area contributed by atoms with Gasteiger partial charge < -0.3 is 4.52 Å². The fourth-order valence-corrected chi connectivity index (χ4v) is 1.67. The lowest BCUT2D eigenvalue weighted by molar-refractivity contribution is 0.432. The molecule has 56 valence electrons. The van der Waals surface area contributed by atoms with E-state index < -0.39 is 0 Å². The number of rotatable bonds is 1. The molecule has 0 atom stereocenters. The van der Waals surface area contributed by atoms with E-state index in [1.54, 1.807) is 12.3 Å². The van der Waals surface area contributed by atoms with Crippen molar-refractivity contribution in [3.63, 3.8) is 0 Å². The second-order valence-corrected chi connectivity index (χ2v) is 3.56. The summed E-state index contributed by atoms with van der Waals surface area (Å²) in [5.41, 5.74) is 0.984. The highest BCUT2D eigenvalue weighted by Crippen LogP contribution is 2.27. The monoisotopic (exact) mass is 185 g/mol. The van der Waals surface area contributed by atoms with Crippen LogP contribution in [0.15, 0.2) is 28.2 Å². The third-order valence-electron chi connectivity index (χ3n) is 1.29. The standard InChI is InChI=1S/C7H4ClNOS/c8-7-3-5(4-11-7)6-1-2-9-10-6/h1-4H. The van der Waals surface area contributed by atoms with Crippen LogP contribution in [0, 0.1) is 0 Å². The molecule has 4 heteroatoms. The van der Waals surface area contributed by atoms with E-state index in [4.69, 9.17) is 16.1 Å². The Hall–Kier alpha value is -0.800. The molecule has 0 N–H and O–H groups in total. The van der Waals surface area contributed by atoms with Gasteiger partial charge in [-0.15, -0.1) is 11.3 Å². The average Bonchev–Trinajstić information content (AvgIpc) is 2.55. The molecule has 0 fully saturated rings. The Balaban J connectivity index is 2.45. The molecule has 0 spiro atoms. The molecule has 0 saturated carbocycles. The molecular formula is C7H4ClNOS. The highest BCUT2D eigenvalue weighted by molar-refractivity contribution is 7.14. The van der Waals surface area contributed by atoms with Crippen molar-refractivity contribution >= 4 is 22.9 Å². The Kier molecular flexibility index (Phi) is 1.68. The molecule has 0 amide bonds. The molecule has 2 rings (SSSR count). The van der Waals surface area contributed by atoms with Gasteiger partial charge in [-0.2, -0.15) is 0 Å². The summed E-state index contributed by atoms with van der Waals surface area (Å²) in [5.74, 6) is 0.758. The van der Waals surface area contributed by atoms with Gasteiger partial charge in [-0.3, -0.25) is 0 Å². The molecule has 11 heavy (non-hydrogen) atoms. The topological polar surface area (TPSA) is 26.0 Å². The predicted molar refractivity (Wildman–Crippen MR) is 44.8 cm³/mol. The van der Waals surface area contributed by atoms with Crippen molar-refractivity contribution in [1.29, 1.82) is 0 Å². The minimum absolute atomic E-state index is 0.758. The molecule has 2 nitrogen and oxygen atoms in total. The van der Waals surface area contributed by atoms with Crippen LogP contribution in [0.3, 0.4) is 0 Å². The lowest BCUT2D eigenvalue weighted by Gasteiger charge is -1.83. The zero-order valence-corrected chi connectivity index (χ0v) is 7.02. The first-order chi connectivity index (χ1) is 5.36. The van der Waals surface area contributed by atoms with Crippen LogP contribution in [0.1, 0.15) is 0 Å². The van der Waals surface area contributed by atoms with Crippen LogP contribution in [-0.2, 0) is 0 Å². The van der Waals surface area contributed by atoms with Gasteiger partial charge in [0.1, 0.15) is 0 Å². The van der Waals surface area contributed by atoms with Crippen molar-refractivity contribution in [2.45, 2.75) is 0 Å². The molecule has 2 heterocycles. The van der Waals surface area contributed by atoms with Gasteiger partial charge >= 0.3 is 0 Å². The zero-order valence-electron chi connectivity index (χ0n) is 5.45. The summed E-state index contributed by atoms with van der Waals surface area (Å²) >= 11 is 7.21. The first-order valence-electron chi connectivity index (χ1n) is 3.01. The number of hydrogen-bond acceptors (Lipinski definition) is 3. The minimum atomic E-state index is 0.758. The number of hydrogen-bond donors (Lipinski definition) is 0. The van der Waals surface area contributed by atoms with Crippen LogP contribution in [0.2, 0.25) is 4.34 Å². The Bertz CT molecular complexity index is 341. The van der Waals surface area contributed by atoms with E-state index in [0.29, 0.717) is 0 Å². The summed E-state index contributed by atoms with van der Waals surface area (Å²) in [6.45, 7) is 0. The summed E-state index contributed by atoms with van der Waals surface area (Å²) < 4.78 is 5.69. The van der Waals surface area contributed by atoms with E-state index in [9.17, 15) is 0 Å². The van der Waals surface area contributed by atoms with Gasteiger partial charge in [0.2, 0.25) is 0 Å². The van der Waals surface area contributed by atoms with Gasteiger partial charge in [0, 0.05) is 17.0 Å². The van der Waals surface area contributed by atoms with Gasteiger partial charge in [0.25, 0.3) is 0 Å². The van der Waals surface area contributed by atoms with Crippen LogP contribution >= 0.6 is 22.9 Å². The normalized spacial score (nSPS) is 10.3. The maximum Gasteiger partial charge on any atom is 0.167 e. The van der Waals surface area contributed by atoms with E-state index in [2.05, 4.69) is 5.16 Å². The van der Waals surface area contributed by atoms with Crippen LogP contribution in [0.4, 0.5) is 0 Å². The van der Waals surface area contributed by atoms with Crippen LogP contribution < -0.4 is 0 Å². The molecule has 0 aliphatic rings. The molecule has 0 aliphatic heterocycles. The van der Waals surface area contributed by atoms with Crippen molar-refractivity contribution in [2.24, 2.45) is 0 Å². The molecule has 0 bridgehead atoms. The summed E-state index contributed by atoms with van der Waals surface area (Å²) in [6.07, 6.45) is 1.61. The summed E-state index contributed by atoms with van der Waals surface area (Å²) in [5, 5.41) is 5.53. The van der Waals surface area contributed by atoms with Gasteiger partial charge in [-0.1, -0.05) is 16.8 Å². The SMILES string of the molecule is Clc1cc(-c2ccno2)cs1. The molecule has 2 aromatic rings. The first-order valence-corrected chi connectivity index (χ1v) is 4.27. The molecule has 0 aliphatic carbocycles. The van der Waals surface area contributed by atoms with Gasteiger partial charge in [0.15, 0.2) is 5.76 Å². The van der Waals surface area contributed by atoms with Crippen molar-refractivity contribution in [3.05, 3.63) is 28.0 Å². The van der Waals surface area contributed by atoms with Gasteiger partial charge in [-0.25, -0.2) is 0 Å². The second-order valence-electron chi connectivity index (χ2n) is 2.02. The Labute approximate surface area is 72.4 Å². The minimum Gasteiger partial charge on any atom is -0.356 e. The van der Waals surface area contributed by atoms with Gasteiger partial charge in [0.05, 0.1) is 10.5 Å². The zero-order chi connectivity index (χ0) is 7.68. The maximum absolute atomic E-state index is 5.73. The van der Waals surface area contributed by atoms with E-state index in [0.717, 1.165) is 15.7 Å². The Morgan fingerprint density at radius 1 is 1.55 bits per heavy atom. The van der Waals surface area contributed by atoms with Crippen molar-refractivity contribution in [2.75, 3.05) is 0 Å². The molecule has 0 saturated heterocycles. The van der Waals surface area contributed by atoms with Crippen LogP contribution in [0.5, 0.6) is 0 Å². The number of thiophene rings is 1. The lowest BCUT2D eigenvalue weighted by atomic mass is 10.3. The highest BCUT2D eigenvalue weighted by atomic mass is 35.5. The van der Waals surface area contributed by atoms with Gasteiger partial charge in [-0.05, 0) is 6.07 Å². The summed E-state index contributed by atoms with van der Waals surface area (Å²) in [7, 11) is 0. The summed E-state index contributed by atoms with van der Waals surface area (Å²) in [6, 6.07) is 3.66. The first kappa shape index (κ1) is 6.88. The Morgan fingerprint density at radius 3 is 3.00 bits per heavy atom. The second kappa shape index (κ2) is 2.68. The van der Waals surface area contributed by atoms with Crippen LogP contribution in [0.25, 0.3) is 11.3 Å². The van der Waals surface area contributed by atoms with E-state index in [-0.39, 0.29) is 0 Å². The number of nitrogens with zero attached hydrogens (tertiary/aromatic N) is 1. The van der Waals surface area contributed by atoms with Crippen molar-refractivity contribution < 1.29 is 4.52 Å². The predicted octanol–water partition coefficient (Wildman–Crippen LogP) is 3.06. The van der Waals surface area contributed by atoms with Crippen molar-refractivity contribution in [3.8, 4) is 11.3 Å². The van der Waals surface area contributed by atoms with Crippen molar-refractivity contribution in [1.82, 2.24) is 5.16 Å². The molecular weight excluding hydrogens is 182 g/mol. The molecule has 0 aromatic carbocycles. The van der Waals surface area contributed by atoms with E-state index in [1.165, 1.54) is 11.3 Å². The third-order valence-corrected chi connectivity index (χ3v) is 2.38. The molecule has 0 unspecified atom stereocenters. The largest absolute Gasteiger partial charge is 0.356 e. The smallest absolute Gasteiger partial charge is 0.167 e. The highest BCUT2D eigenvalue weighted by Gasteiger charge is 2.03. The maximum atomic E-state index is 5.73.